The number of carbonyl (C=O) groups excluding carboxylic acids is 2. The highest BCUT2D eigenvalue weighted by Crippen LogP contribution is 2.34. The highest BCUT2D eigenvalue weighted by atomic mass is 35.5. The standard InChI is InChI=1S/C29H30ClN3O4/c1-20-8-10-21(11-9-20)27-18-26(24-6-4-5-7-25(24)30)31-33(27)28(34)19-32(16-17-36-2)29(35)22-12-14-23(37-3)15-13-22/h4-15,27H,16-19H2,1-3H3/t27-/m1/s1. The minimum Gasteiger partial charge on any atom is -0.497 e. The van der Waals surface area contributed by atoms with Gasteiger partial charge in [0, 0.05) is 36.2 Å². The van der Waals surface area contributed by atoms with Crippen molar-refractivity contribution in [3.63, 3.8) is 0 Å². The molecule has 0 radical (unpaired) electrons. The largest absolute Gasteiger partial charge is 0.497 e. The van der Waals surface area contributed by atoms with E-state index in [4.69, 9.17) is 26.2 Å². The van der Waals surface area contributed by atoms with Crippen LogP contribution in [0.4, 0.5) is 0 Å². The van der Waals surface area contributed by atoms with E-state index in [0.717, 1.165) is 22.4 Å². The number of halogens is 1. The molecule has 0 saturated heterocycles. The maximum Gasteiger partial charge on any atom is 0.262 e. The first kappa shape index (κ1) is 26.4. The van der Waals surface area contributed by atoms with E-state index < -0.39 is 0 Å². The minimum absolute atomic E-state index is 0.143. The zero-order valence-electron chi connectivity index (χ0n) is 21.2. The third-order valence-corrected chi connectivity index (χ3v) is 6.66. The summed E-state index contributed by atoms with van der Waals surface area (Å²) in [4.78, 5) is 28.5. The zero-order valence-corrected chi connectivity index (χ0v) is 21.9. The molecule has 3 aromatic rings. The second-order valence-electron chi connectivity index (χ2n) is 8.84. The van der Waals surface area contributed by atoms with Crippen LogP contribution in [-0.4, -0.2) is 61.4 Å². The highest BCUT2D eigenvalue weighted by Gasteiger charge is 2.35. The fourth-order valence-electron chi connectivity index (χ4n) is 4.25. The van der Waals surface area contributed by atoms with Gasteiger partial charge in [0.1, 0.15) is 12.3 Å². The Hall–Kier alpha value is -3.68. The number of hydrogen-bond donors (Lipinski definition) is 0. The summed E-state index contributed by atoms with van der Waals surface area (Å²) in [5.41, 5.74) is 4.08. The fraction of sp³-hybridized carbons (Fsp3) is 0.276. The lowest BCUT2D eigenvalue weighted by molar-refractivity contribution is -0.133. The lowest BCUT2D eigenvalue weighted by atomic mass is 9.97. The van der Waals surface area contributed by atoms with Crippen LogP contribution in [0.15, 0.2) is 77.9 Å². The Kier molecular flexibility index (Phi) is 8.58. The Balaban J connectivity index is 1.62. The number of rotatable bonds is 9. The van der Waals surface area contributed by atoms with Crippen molar-refractivity contribution in [1.82, 2.24) is 9.91 Å². The molecule has 2 amide bonds. The van der Waals surface area contributed by atoms with Gasteiger partial charge in [0.15, 0.2) is 0 Å². The molecule has 0 unspecified atom stereocenters. The second kappa shape index (κ2) is 12.0. The Labute approximate surface area is 222 Å². The first-order chi connectivity index (χ1) is 17.9. The van der Waals surface area contributed by atoms with Crippen molar-refractivity contribution in [2.45, 2.75) is 19.4 Å². The number of ether oxygens (including phenoxy) is 2. The van der Waals surface area contributed by atoms with Gasteiger partial charge in [-0.1, -0.05) is 59.6 Å². The van der Waals surface area contributed by atoms with Crippen molar-refractivity contribution >= 4 is 29.1 Å². The molecular weight excluding hydrogens is 490 g/mol. The molecule has 1 heterocycles. The van der Waals surface area contributed by atoms with Crippen molar-refractivity contribution < 1.29 is 19.1 Å². The molecule has 0 saturated carbocycles. The first-order valence-corrected chi connectivity index (χ1v) is 12.4. The van der Waals surface area contributed by atoms with E-state index in [-0.39, 0.29) is 30.9 Å². The van der Waals surface area contributed by atoms with Crippen molar-refractivity contribution in [3.05, 3.63) is 100 Å². The van der Waals surface area contributed by atoms with Crippen LogP contribution in [0.25, 0.3) is 0 Å². The van der Waals surface area contributed by atoms with E-state index >= 15 is 0 Å². The number of amides is 2. The van der Waals surface area contributed by atoms with Gasteiger partial charge in [-0.05, 0) is 42.8 Å². The van der Waals surface area contributed by atoms with E-state index in [9.17, 15) is 9.59 Å². The van der Waals surface area contributed by atoms with Crippen LogP contribution in [0.5, 0.6) is 5.75 Å². The first-order valence-electron chi connectivity index (χ1n) is 12.0. The quantitative estimate of drug-likeness (QED) is 0.393. The maximum atomic E-state index is 13.7. The third kappa shape index (κ3) is 6.18. The molecule has 0 spiro atoms. The molecule has 0 aromatic heterocycles. The third-order valence-electron chi connectivity index (χ3n) is 6.33. The Bertz CT molecular complexity index is 1280. The van der Waals surface area contributed by atoms with Gasteiger partial charge >= 0.3 is 0 Å². The van der Waals surface area contributed by atoms with Crippen LogP contribution < -0.4 is 4.74 Å². The predicted octanol–water partition coefficient (Wildman–Crippen LogP) is 5.12. The van der Waals surface area contributed by atoms with E-state index in [1.807, 2.05) is 55.5 Å². The van der Waals surface area contributed by atoms with Crippen molar-refractivity contribution in [1.29, 1.82) is 0 Å². The fourth-order valence-corrected chi connectivity index (χ4v) is 4.50. The molecule has 0 N–H and O–H groups in total. The van der Waals surface area contributed by atoms with Gasteiger partial charge in [0.25, 0.3) is 11.8 Å². The van der Waals surface area contributed by atoms with Crippen LogP contribution in [-0.2, 0) is 9.53 Å². The smallest absolute Gasteiger partial charge is 0.262 e. The summed E-state index contributed by atoms with van der Waals surface area (Å²) in [6, 6.07) is 22.0. The summed E-state index contributed by atoms with van der Waals surface area (Å²) >= 11 is 6.46. The van der Waals surface area contributed by atoms with Crippen LogP contribution in [0.1, 0.15) is 39.5 Å². The van der Waals surface area contributed by atoms with E-state index in [1.165, 1.54) is 9.91 Å². The number of benzene rings is 3. The van der Waals surface area contributed by atoms with Crippen LogP contribution >= 0.6 is 11.6 Å². The van der Waals surface area contributed by atoms with Crippen molar-refractivity contribution in [2.75, 3.05) is 33.9 Å². The van der Waals surface area contributed by atoms with Gasteiger partial charge in [0.05, 0.1) is 25.5 Å². The lowest BCUT2D eigenvalue weighted by Gasteiger charge is -2.27. The summed E-state index contributed by atoms with van der Waals surface area (Å²) in [7, 11) is 3.13. The molecule has 192 valence electrons. The van der Waals surface area contributed by atoms with Gasteiger partial charge in [-0.3, -0.25) is 9.59 Å². The molecule has 1 aliphatic heterocycles. The summed E-state index contributed by atoms with van der Waals surface area (Å²) < 4.78 is 10.4. The minimum atomic E-state index is -0.306. The lowest BCUT2D eigenvalue weighted by Crippen LogP contribution is -2.42. The summed E-state index contributed by atoms with van der Waals surface area (Å²) in [5.74, 6) is 0.0931. The average molecular weight is 520 g/mol. The van der Waals surface area contributed by atoms with Gasteiger partial charge in [0.2, 0.25) is 0 Å². The molecule has 4 rings (SSSR count). The molecular formula is C29H30ClN3O4. The molecule has 37 heavy (non-hydrogen) atoms. The SMILES string of the molecule is COCCN(CC(=O)N1N=C(c2ccccc2Cl)C[C@@H]1c1ccc(C)cc1)C(=O)c1ccc(OC)cc1. The Morgan fingerprint density at radius 1 is 1.03 bits per heavy atom. The van der Waals surface area contributed by atoms with Crippen LogP contribution in [0.3, 0.4) is 0 Å². The van der Waals surface area contributed by atoms with Gasteiger partial charge in [-0.25, -0.2) is 5.01 Å². The summed E-state index contributed by atoms with van der Waals surface area (Å²) in [6.07, 6.45) is 0.517. The van der Waals surface area contributed by atoms with Gasteiger partial charge < -0.3 is 14.4 Å². The zero-order chi connectivity index (χ0) is 26.4. The topological polar surface area (TPSA) is 71.4 Å². The average Bonchev–Trinajstić information content (AvgIpc) is 3.36. The summed E-state index contributed by atoms with van der Waals surface area (Å²) in [5, 5.41) is 6.79. The number of hydrazone groups is 1. The van der Waals surface area contributed by atoms with E-state index in [1.54, 1.807) is 38.5 Å². The number of methoxy groups -OCH3 is 2. The maximum absolute atomic E-state index is 13.7. The predicted molar refractivity (Wildman–Crippen MR) is 144 cm³/mol. The van der Waals surface area contributed by atoms with Crippen LogP contribution in [0, 0.1) is 6.92 Å². The van der Waals surface area contributed by atoms with Gasteiger partial charge in [-0.15, -0.1) is 0 Å². The number of carbonyl (C=O) groups is 2. The Morgan fingerprint density at radius 2 is 1.73 bits per heavy atom. The Morgan fingerprint density at radius 3 is 2.38 bits per heavy atom. The van der Waals surface area contributed by atoms with E-state index in [2.05, 4.69) is 0 Å². The molecule has 0 bridgehead atoms. The molecule has 7 nitrogen and oxygen atoms in total. The number of hydrogen-bond acceptors (Lipinski definition) is 5. The molecule has 0 aliphatic carbocycles. The van der Waals surface area contributed by atoms with Gasteiger partial charge in [-0.2, -0.15) is 5.10 Å². The summed E-state index contributed by atoms with van der Waals surface area (Å²) in [6.45, 7) is 2.43. The second-order valence-corrected chi connectivity index (χ2v) is 9.25. The highest BCUT2D eigenvalue weighted by molar-refractivity contribution is 6.34. The van der Waals surface area contributed by atoms with Crippen molar-refractivity contribution in [3.8, 4) is 5.75 Å². The molecule has 1 atom stereocenters. The molecule has 3 aromatic carbocycles. The molecule has 0 fully saturated rings. The molecule has 8 heteroatoms. The van der Waals surface area contributed by atoms with Crippen LogP contribution in [0.2, 0.25) is 5.02 Å². The van der Waals surface area contributed by atoms with E-state index in [0.29, 0.717) is 29.4 Å². The molecule has 1 aliphatic rings. The van der Waals surface area contributed by atoms with Crippen molar-refractivity contribution in [2.24, 2.45) is 5.10 Å². The monoisotopic (exact) mass is 519 g/mol. The normalized spacial score (nSPS) is 14.9. The number of nitrogens with zero attached hydrogens (tertiary/aromatic N) is 3. The number of aryl methyl sites for hydroxylation is 1.